The molecule has 0 aliphatic carbocycles. The van der Waals surface area contributed by atoms with Crippen LogP contribution in [0.2, 0.25) is 4.34 Å². The van der Waals surface area contributed by atoms with E-state index in [4.69, 9.17) is 31.1 Å². The molecule has 2 atom stereocenters. The van der Waals surface area contributed by atoms with Crippen molar-refractivity contribution >= 4 is 34.9 Å². The standard InChI is InChI=1S/C21H26ClN3O5S/c1-5-28-20(26)16-12(3)25-15(11-30-13(4)24-9-8-23)18(21(27)29-6-2)17(16)14-7-10-31-19(14)22/h7,10,13,17,24-25H,5-6,9,11H2,1-4H3. The molecule has 1 aromatic rings. The first kappa shape index (κ1) is 24.9. The van der Waals surface area contributed by atoms with Crippen LogP contribution in [0, 0.1) is 11.3 Å². The summed E-state index contributed by atoms with van der Waals surface area (Å²) >= 11 is 7.73. The summed E-state index contributed by atoms with van der Waals surface area (Å²) in [6.45, 7) is 7.42. The predicted octanol–water partition coefficient (Wildman–Crippen LogP) is 3.22. The number of carbonyl (C=O) groups excluding carboxylic acids is 2. The van der Waals surface area contributed by atoms with Crippen molar-refractivity contribution in [3.63, 3.8) is 0 Å². The van der Waals surface area contributed by atoms with Gasteiger partial charge in [-0.15, -0.1) is 11.3 Å². The lowest BCUT2D eigenvalue weighted by molar-refractivity contribution is -0.139. The van der Waals surface area contributed by atoms with Gasteiger partial charge in [-0.25, -0.2) is 9.59 Å². The van der Waals surface area contributed by atoms with Gasteiger partial charge in [0.2, 0.25) is 0 Å². The van der Waals surface area contributed by atoms with Crippen LogP contribution in [0.25, 0.3) is 0 Å². The van der Waals surface area contributed by atoms with Crippen LogP contribution >= 0.6 is 22.9 Å². The van der Waals surface area contributed by atoms with Gasteiger partial charge in [-0.2, -0.15) is 5.26 Å². The highest BCUT2D eigenvalue weighted by molar-refractivity contribution is 7.14. The Hall–Kier alpha value is -2.38. The summed E-state index contributed by atoms with van der Waals surface area (Å²) in [5, 5.41) is 16.5. The van der Waals surface area contributed by atoms with Crippen LogP contribution in [-0.2, 0) is 23.8 Å². The number of ether oxygens (including phenoxy) is 3. The summed E-state index contributed by atoms with van der Waals surface area (Å²) in [6.07, 6.45) is -0.434. The van der Waals surface area contributed by atoms with Crippen molar-refractivity contribution in [3.05, 3.63) is 43.9 Å². The Morgan fingerprint density at radius 2 is 1.94 bits per heavy atom. The molecule has 0 saturated heterocycles. The Balaban J connectivity index is 2.55. The van der Waals surface area contributed by atoms with Crippen LogP contribution in [-0.4, -0.2) is 44.5 Å². The molecule has 0 bridgehead atoms. The number of dihydropyridines is 1. The molecule has 2 unspecified atom stereocenters. The molecule has 10 heteroatoms. The molecule has 0 amide bonds. The molecule has 2 rings (SSSR count). The van der Waals surface area contributed by atoms with E-state index in [1.807, 2.05) is 6.07 Å². The fourth-order valence-corrected chi connectivity index (χ4v) is 4.20. The lowest BCUT2D eigenvalue weighted by Crippen LogP contribution is -2.37. The number of hydrogen-bond donors (Lipinski definition) is 2. The van der Waals surface area contributed by atoms with E-state index in [9.17, 15) is 9.59 Å². The van der Waals surface area contributed by atoms with Gasteiger partial charge >= 0.3 is 11.9 Å². The van der Waals surface area contributed by atoms with Gasteiger partial charge in [0.15, 0.2) is 0 Å². The second-order valence-corrected chi connectivity index (χ2v) is 8.09. The maximum Gasteiger partial charge on any atom is 0.336 e. The lowest BCUT2D eigenvalue weighted by atomic mass is 9.81. The highest BCUT2D eigenvalue weighted by atomic mass is 35.5. The zero-order valence-corrected chi connectivity index (χ0v) is 19.5. The number of esters is 2. The highest BCUT2D eigenvalue weighted by Gasteiger charge is 2.40. The van der Waals surface area contributed by atoms with Crippen molar-refractivity contribution in [2.24, 2.45) is 0 Å². The van der Waals surface area contributed by atoms with Gasteiger partial charge in [0.05, 0.1) is 59.5 Å². The van der Waals surface area contributed by atoms with E-state index in [-0.39, 0.29) is 31.9 Å². The molecule has 1 aromatic heterocycles. The maximum atomic E-state index is 13.0. The molecular weight excluding hydrogens is 442 g/mol. The first-order valence-corrected chi connectivity index (χ1v) is 11.1. The van der Waals surface area contributed by atoms with E-state index in [0.29, 0.717) is 26.9 Å². The Bertz CT molecular complexity index is 918. The summed E-state index contributed by atoms with van der Waals surface area (Å²) in [4.78, 5) is 25.9. The minimum absolute atomic E-state index is 0.0272. The molecule has 1 aliphatic rings. The van der Waals surface area contributed by atoms with Crippen LogP contribution < -0.4 is 10.6 Å². The minimum Gasteiger partial charge on any atom is -0.463 e. The van der Waals surface area contributed by atoms with Gasteiger partial charge in [-0.1, -0.05) is 11.6 Å². The molecule has 0 fully saturated rings. The number of rotatable bonds is 10. The summed E-state index contributed by atoms with van der Waals surface area (Å²) in [6, 6.07) is 3.77. The fraction of sp³-hybridized carbons (Fsp3) is 0.476. The second kappa shape index (κ2) is 11.9. The van der Waals surface area contributed by atoms with Crippen LogP contribution in [0.5, 0.6) is 0 Å². The van der Waals surface area contributed by atoms with E-state index in [1.54, 1.807) is 39.1 Å². The Kier molecular flexibility index (Phi) is 9.52. The zero-order chi connectivity index (χ0) is 23.0. The van der Waals surface area contributed by atoms with Crippen LogP contribution in [0.15, 0.2) is 34.0 Å². The van der Waals surface area contributed by atoms with E-state index < -0.39 is 24.1 Å². The number of hydrogen-bond acceptors (Lipinski definition) is 9. The smallest absolute Gasteiger partial charge is 0.336 e. The number of thiophene rings is 1. The number of allylic oxidation sites excluding steroid dienone is 1. The fourth-order valence-electron chi connectivity index (χ4n) is 3.22. The van der Waals surface area contributed by atoms with Crippen LogP contribution in [0.3, 0.4) is 0 Å². The summed E-state index contributed by atoms with van der Waals surface area (Å²) < 4.78 is 16.8. The average molecular weight is 468 g/mol. The van der Waals surface area contributed by atoms with Crippen LogP contribution in [0.4, 0.5) is 0 Å². The van der Waals surface area contributed by atoms with Crippen molar-refractivity contribution in [2.45, 2.75) is 39.8 Å². The molecule has 168 valence electrons. The third kappa shape index (κ3) is 6.08. The van der Waals surface area contributed by atoms with Crippen LogP contribution in [0.1, 0.15) is 39.2 Å². The average Bonchev–Trinajstić information content (AvgIpc) is 3.15. The molecular formula is C21H26ClN3O5S. The third-order valence-electron chi connectivity index (χ3n) is 4.54. The molecule has 31 heavy (non-hydrogen) atoms. The SMILES string of the molecule is CCOC(=O)C1=C(C)NC(COC(C)NCC#N)=C(C(=O)OCC)C1c1ccsc1Cl. The van der Waals surface area contributed by atoms with Crippen molar-refractivity contribution < 1.29 is 23.8 Å². The van der Waals surface area contributed by atoms with Crippen molar-refractivity contribution in [3.8, 4) is 6.07 Å². The van der Waals surface area contributed by atoms with Gasteiger partial charge in [0, 0.05) is 5.70 Å². The van der Waals surface area contributed by atoms with Gasteiger partial charge in [-0.05, 0) is 44.7 Å². The van der Waals surface area contributed by atoms with E-state index in [1.165, 1.54) is 11.3 Å². The van der Waals surface area contributed by atoms with Gasteiger partial charge < -0.3 is 19.5 Å². The Labute approximate surface area is 190 Å². The molecule has 0 saturated carbocycles. The number of halogens is 1. The minimum atomic E-state index is -0.765. The largest absolute Gasteiger partial charge is 0.463 e. The van der Waals surface area contributed by atoms with Gasteiger partial charge in [0.25, 0.3) is 0 Å². The van der Waals surface area contributed by atoms with Crippen molar-refractivity contribution in [1.29, 1.82) is 5.26 Å². The first-order chi connectivity index (χ1) is 14.8. The summed E-state index contributed by atoms with van der Waals surface area (Å²) in [5.41, 5.74) is 2.15. The van der Waals surface area contributed by atoms with Crippen molar-refractivity contribution in [1.82, 2.24) is 10.6 Å². The molecule has 0 radical (unpaired) electrons. The molecule has 2 heterocycles. The molecule has 0 aromatic carbocycles. The quantitative estimate of drug-likeness (QED) is 0.306. The predicted molar refractivity (Wildman–Crippen MR) is 117 cm³/mol. The molecule has 1 aliphatic heterocycles. The third-order valence-corrected chi connectivity index (χ3v) is 5.74. The van der Waals surface area contributed by atoms with E-state index in [2.05, 4.69) is 10.6 Å². The Morgan fingerprint density at radius 3 is 2.48 bits per heavy atom. The highest BCUT2D eigenvalue weighted by Crippen LogP contribution is 2.43. The van der Waals surface area contributed by atoms with Crippen molar-refractivity contribution in [2.75, 3.05) is 26.4 Å². The zero-order valence-electron chi connectivity index (χ0n) is 17.9. The summed E-state index contributed by atoms with van der Waals surface area (Å²) in [7, 11) is 0. The number of nitrogens with zero attached hydrogens (tertiary/aromatic N) is 1. The van der Waals surface area contributed by atoms with E-state index >= 15 is 0 Å². The topological polar surface area (TPSA) is 110 Å². The summed E-state index contributed by atoms with van der Waals surface area (Å²) in [5.74, 6) is -1.88. The molecule has 2 N–H and O–H groups in total. The van der Waals surface area contributed by atoms with E-state index in [0.717, 1.165) is 0 Å². The molecule has 8 nitrogen and oxygen atoms in total. The van der Waals surface area contributed by atoms with Gasteiger partial charge in [0.1, 0.15) is 6.23 Å². The maximum absolute atomic E-state index is 13.0. The molecule has 0 spiro atoms. The number of carbonyl (C=O) groups is 2. The number of nitriles is 1. The monoisotopic (exact) mass is 467 g/mol. The second-order valence-electron chi connectivity index (χ2n) is 6.57. The first-order valence-electron chi connectivity index (χ1n) is 9.85. The normalized spacial score (nSPS) is 17.1. The lowest BCUT2D eigenvalue weighted by Gasteiger charge is -2.31. The number of nitrogens with one attached hydrogen (secondary N) is 2. The van der Waals surface area contributed by atoms with Gasteiger partial charge in [-0.3, -0.25) is 5.32 Å². The Morgan fingerprint density at radius 1 is 1.29 bits per heavy atom.